The Bertz CT molecular complexity index is 429. The second-order valence-corrected chi connectivity index (χ2v) is 3.66. The average molecular weight is 188 g/mol. The van der Waals surface area contributed by atoms with Crippen LogP contribution in [-0.2, 0) is 6.42 Å². The maximum atomic E-state index is 3.34. The molecule has 2 heteroatoms. The van der Waals surface area contributed by atoms with Crippen molar-refractivity contribution < 1.29 is 0 Å². The average Bonchev–Trinajstić information content (AvgIpc) is 2.58. The molecule has 74 valence electrons. The van der Waals surface area contributed by atoms with Gasteiger partial charge in [0.2, 0.25) is 0 Å². The Labute approximate surface area is 84.3 Å². The molecule has 0 atom stereocenters. The van der Waals surface area contributed by atoms with Crippen LogP contribution in [0.4, 0.5) is 0 Å². The standard InChI is InChI=1S/C12H16N2/c1-9-8-14-12-10(6-7-13-2)4-3-5-11(9)12/h3-5,8,13-14H,6-7H2,1-2H3. The Morgan fingerprint density at radius 1 is 1.36 bits per heavy atom. The van der Waals surface area contributed by atoms with Gasteiger partial charge in [-0.25, -0.2) is 0 Å². The number of fused-ring (bicyclic) bond motifs is 1. The van der Waals surface area contributed by atoms with E-state index >= 15 is 0 Å². The largest absolute Gasteiger partial charge is 0.361 e. The quantitative estimate of drug-likeness (QED) is 0.759. The van der Waals surface area contributed by atoms with Gasteiger partial charge in [0.25, 0.3) is 0 Å². The zero-order chi connectivity index (χ0) is 9.97. The van der Waals surface area contributed by atoms with Crippen LogP contribution in [0.2, 0.25) is 0 Å². The molecule has 0 radical (unpaired) electrons. The lowest BCUT2D eigenvalue weighted by Crippen LogP contribution is -2.10. The van der Waals surface area contributed by atoms with E-state index in [1.165, 1.54) is 22.0 Å². The lowest BCUT2D eigenvalue weighted by molar-refractivity contribution is 0.794. The van der Waals surface area contributed by atoms with Gasteiger partial charge in [0.05, 0.1) is 0 Å². The van der Waals surface area contributed by atoms with Gasteiger partial charge < -0.3 is 10.3 Å². The van der Waals surface area contributed by atoms with Gasteiger partial charge >= 0.3 is 0 Å². The highest BCUT2D eigenvalue weighted by molar-refractivity contribution is 5.85. The number of hydrogen-bond acceptors (Lipinski definition) is 1. The summed E-state index contributed by atoms with van der Waals surface area (Å²) in [5.74, 6) is 0. The van der Waals surface area contributed by atoms with Gasteiger partial charge in [-0.05, 0) is 38.1 Å². The molecule has 2 aromatic rings. The van der Waals surface area contributed by atoms with E-state index in [0.29, 0.717) is 0 Å². The summed E-state index contributed by atoms with van der Waals surface area (Å²) in [6.07, 6.45) is 3.15. The van der Waals surface area contributed by atoms with Crippen molar-refractivity contribution >= 4 is 10.9 Å². The third-order valence-electron chi connectivity index (χ3n) is 2.65. The van der Waals surface area contributed by atoms with Crippen molar-refractivity contribution in [2.75, 3.05) is 13.6 Å². The highest BCUT2D eigenvalue weighted by Crippen LogP contribution is 2.20. The van der Waals surface area contributed by atoms with Crippen LogP contribution in [0.25, 0.3) is 10.9 Å². The normalized spacial score (nSPS) is 11.0. The maximum Gasteiger partial charge on any atom is 0.0489 e. The van der Waals surface area contributed by atoms with Crippen molar-refractivity contribution in [1.29, 1.82) is 0 Å². The van der Waals surface area contributed by atoms with Crippen molar-refractivity contribution in [3.8, 4) is 0 Å². The lowest BCUT2D eigenvalue weighted by atomic mass is 10.1. The first kappa shape index (κ1) is 9.28. The van der Waals surface area contributed by atoms with Gasteiger partial charge in [-0.1, -0.05) is 18.2 Å². The summed E-state index contributed by atoms with van der Waals surface area (Å²) in [7, 11) is 1.99. The molecule has 0 saturated heterocycles. The summed E-state index contributed by atoms with van der Waals surface area (Å²) < 4.78 is 0. The zero-order valence-corrected chi connectivity index (χ0v) is 8.72. The molecule has 2 rings (SSSR count). The second kappa shape index (κ2) is 3.84. The molecular formula is C12H16N2. The SMILES string of the molecule is CNCCc1cccc2c(C)c[nH]c12. The molecule has 0 unspecified atom stereocenters. The number of H-pyrrole nitrogens is 1. The van der Waals surface area contributed by atoms with Crippen LogP contribution in [0.3, 0.4) is 0 Å². The molecule has 0 aliphatic rings. The van der Waals surface area contributed by atoms with Gasteiger partial charge in [0.15, 0.2) is 0 Å². The minimum Gasteiger partial charge on any atom is -0.361 e. The second-order valence-electron chi connectivity index (χ2n) is 3.66. The van der Waals surface area contributed by atoms with Crippen LogP contribution in [0, 0.1) is 6.92 Å². The number of hydrogen-bond donors (Lipinski definition) is 2. The molecule has 2 nitrogen and oxygen atoms in total. The van der Waals surface area contributed by atoms with Crippen molar-refractivity contribution in [3.63, 3.8) is 0 Å². The minimum atomic E-state index is 1.02. The minimum absolute atomic E-state index is 1.02. The number of aromatic amines is 1. The molecule has 1 aromatic heterocycles. The maximum absolute atomic E-state index is 3.34. The highest BCUT2D eigenvalue weighted by Gasteiger charge is 2.03. The monoisotopic (exact) mass is 188 g/mol. The Balaban J connectivity index is 2.44. The molecule has 0 aliphatic heterocycles. The first-order valence-corrected chi connectivity index (χ1v) is 5.03. The van der Waals surface area contributed by atoms with Crippen LogP contribution >= 0.6 is 0 Å². The molecule has 2 N–H and O–H groups in total. The predicted molar refractivity (Wildman–Crippen MR) is 60.7 cm³/mol. The van der Waals surface area contributed by atoms with Crippen LogP contribution in [0.15, 0.2) is 24.4 Å². The van der Waals surface area contributed by atoms with Gasteiger partial charge in [0, 0.05) is 17.1 Å². The highest BCUT2D eigenvalue weighted by atomic mass is 14.8. The van der Waals surface area contributed by atoms with Crippen molar-refractivity contribution in [3.05, 3.63) is 35.5 Å². The molecule has 0 saturated carbocycles. The summed E-state index contributed by atoms with van der Waals surface area (Å²) in [6, 6.07) is 6.49. The van der Waals surface area contributed by atoms with Crippen LogP contribution in [0.5, 0.6) is 0 Å². The molecule has 1 aromatic carbocycles. The number of nitrogens with one attached hydrogen (secondary N) is 2. The molecule has 0 spiro atoms. The fraction of sp³-hybridized carbons (Fsp3) is 0.333. The Hall–Kier alpha value is -1.28. The summed E-state index contributed by atoms with van der Waals surface area (Å²) >= 11 is 0. The molecule has 0 amide bonds. The number of likely N-dealkylation sites (N-methyl/N-ethyl adjacent to an activating group) is 1. The predicted octanol–water partition coefficient (Wildman–Crippen LogP) is 2.24. The molecule has 0 aliphatic carbocycles. The fourth-order valence-corrected chi connectivity index (χ4v) is 1.83. The topological polar surface area (TPSA) is 27.8 Å². The molecule has 0 bridgehead atoms. The van der Waals surface area contributed by atoms with Gasteiger partial charge in [0.1, 0.15) is 0 Å². The Morgan fingerprint density at radius 3 is 3.00 bits per heavy atom. The summed E-state index contributed by atoms with van der Waals surface area (Å²) in [6.45, 7) is 3.16. The summed E-state index contributed by atoms with van der Waals surface area (Å²) in [4.78, 5) is 3.34. The van der Waals surface area contributed by atoms with Crippen molar-refractivity contribution in [2.45, 2.75) is 13.3 Å². The van der Waals surface area contributed by atoms with E-state index < -0.39 is 0 Å². The van der Waals surface area contributed by atoms with E-state index in [-0.39, 0.29) is 0 Å². The molecule has 14 heavy (non-hydrogen) atoms. The smallest absolute Gasteiger partial charge is 0.0489 e. The van der Waals surface area contributed by atoms with Gasteiger partial charge in [-0.2, -0.15) is 0 Å². The fourth-order valence-electron chi connectivity index (χ4n) is 1.83. The number of aromatic nitrogens is 1. The first-order valence-electron chi connectivity index (χ1n) is 5.03. The van der Waals surface area contributed by atoms with Crippen LogP contribution in [-0.4, -0.2) is 18.6 Å². The lowest BCUT2D eigenvalue weighted by Gasteiger charge is -2.02. The third kappa shape index (κ3) is 1.53. The van der Waals surface area contributed by atoms with E-state index in [2.05, 4.69) is 41.6 Å². The molecule has 1 heterocycles. The van der Waals surface area contributed by atoms with E-state index in [1.807, 2.05) is 7.05 Å². The zero-order valence-electron chi connectivity index (χ0n) is 8.72. The number of rotatable bonds is 3. The van der Waals surface area contributed by atoms with Gasteiger partial charge in [-0.15, -0.1) is 0 Å². The molecule has 0 fully saturated rings. The van der Waals surface area contributed by atoms with Gasteiger partial charge in [-0.3, -0.25) is 0 Å². The summed E-state index contributed by atoms with van der Waals surface area (Å²) in [5, 5.41) is 4.52. The van der Waals surface area contributed by atoms with Crippen LogP contribution in [0.1, 0.15) is 11.1 Å². The van der Waals surface area contributed by atoms with Crippen LogP contribution < -0.4 is 5.32 Å². The van der Waals surface area contributed by atoms with Crippen molar-refractivity contribution in [1.82, 2.24) is 10.3 Å². The van der Waals surface area contributed by atoms with E-state index in [9.17, 15) is 0 Å². The van der Waals surface area contributed by atoms with Crippen molar-refractivity contribution in [2.24, 2.45) is 0 Å². The number of para-hydroxylation sites is 1. The molecular weight excluding hydrogens is 172 g/mol. The Morgan fingerprint density at radius 2 is 2.21 bits per heavy atom. The number of aryl methyl sites for hydroxylation is 1. The van der Waals surface area contributed by atoms with E-state index in [4.69, 9.17) is 0 Å². The first-order chi connectivity index (χ1) is 6.83. The Kier molecular flexibility index (Phi) is 2.55. The van der Waals surface area contributed by atoms with E-state index in [1.54, 1.807) is 0 Å². The third-order valence-corrected chi connectivity index (χ3v) is 2.65. The number of benzene rings is 1. The van der Waals surface area contributed by atoms with E-state index in [0.717, 1.165) is 13.0 Å². The summed E-state index contributed by atoms with van der Waals surface area (Å²) in [5.41, 5.74) is 4.01.